The molecule has 1 heterocycles. The minimum Gasteiger partial charge on any atom is -0.361 e. The molecule has 0 aliphatic heterocycles. The van der Waals surface area contributed by atoms with Crippen LogP contribution in [-0.4, -0.2) is 29.6 Å². The molecule has 0 aliphatic rings. The predicted molar refractivity (Wildman–Crippen MR) is 69.9 cm³/mol. The fraction of sp³-hybridized carbons (Fsp3) is 0.692. The van der Waals surface area contributed by atoms with E-state index in [0.29, 0.717) is 25.4 Å². The first-order valence-corrected chi connectivity index (χ1v) is 6.31. The van der Waals surface area contributed by atoms with E-state index >= 15 is 0 Å². The van der Waals surface area contributed by atoms with Gasteiger partial charge in [0.05, 0.1) is 12.2 Å². The van der Waals surface area contributed by atoms with Crippen molar-refractivity contribution in [3.8, 4) is 0 Å². The van der Waals surface area contributed by atoms with Gasteiger partial charge in [0.2, 0.25) is 5.91 Å². The summed E-state index contributed by atoms with van der Waals surface area (Å²) in [5, 5.41) is 3.89. The van der Waals surface area contributed by atoms with Crippen LogP contribution in [0.2, 0.25) is 0 Å². The molecular weight excluding hydrogens is 230 g/mol. The SMILES string of the molecule is Cc1noc(C)c1CN(C)C(=O)CCC(C)CN. The van der Waals surface area contributed by atoms with E-state index in [-0.39, 0.29) is 5.91 Å². The largest absolute Gasteiger partial charge is 0.361 e. The van der Waals surface area contributed by atoms with Gasteiger partial charge in [-0.15, -0.1) is 0 Å². The summed E-state index contributed by atoms with van der Waals surface area (Å²) in [6.07, 6.45) is 1.37. The molecule has 0 saturated heterocycles. The summed E-state index contributed by atoms with van der Waals surface area (Å²) in [4.78, 5) is 13.7. The van der Waals surface area contributed by atoms with E-state index in [1.165, 1.54) is 0 Å². The summed E-state index contributed by atoms with van der Waals surface area (Å²) >= 11 is 0. The van der Waals surface area contributed by atoms with Crippen LogP contribution in [0.3, 0.4) is 0 Å². The first-order valence-electron chi connectivity index (χ1n) is 6.31. The first-order chi connectivity index (χ1) is 8.45. The molecule has 0 spiro atoms. The monoisotopic (exact) mass is 253 g/mol. The van der Waals surface area contributed by atoms with Gasteiger partial charge in [-0.05, 0) is 32.7 Å². The number of carbonyl (C=O) groups excluding carboxylic acids is 1. The average Bonchev–Trinajstić information content (AvgIpc) is 2.66. The van der Waals surface area contributed by atoms with Crippen molar-refractivity contribution in [2.24, 2.45) is 11.7 Å². The lowest BCUT2D eigenvalue weighted by atomic mass is 10.1. The molecular formula is C13H23N3O2. The van der Waals surface area contributed by atoms with Gasteiger partial charge in [0.25, 0.3) is 0 Å². The maximum Gasteiger partial charge on any atom is 0.222 e. The topological polar surface area (TPSA) is 72.4 Å². The number of hydrogen-bond donors (Lipinski definition) is 1. The summed E-state index contributed by atoms with van der Waals surface area (Å²) in [6.45, 7) is 6.99. The van der Waals surface area contributed by atoms with Crippen LogP contribution in [-0.2, 0) is 11.3 Å². The number of rotatable bonds is 6. The Morgan fingerprint density at radius 2 is 2.17 bits per heavy atom. The smallest absolute Gasteiger partial charge is 0.222 e. The molecule has 1 aromatic rings. The van der Waals surface area contributed by atoms with E-state index in [9.17, 15) is 4.79 Å². The van der Waals surface area contributed by atoms with E-state index in [1.807, 2.05) is 13.8 Å². The maximum atomic E-state index is 11.9. The Labute approximate surface area is 108 Å². The Morgan fingerprint density at radius 1 is 1.50 bits per heavy atom. The summed E-state index contributed by atoms with van der Waals surface area (Å²) in [5.74, 6) is 1.30. The zero-order chi connectivity index (χ0) is 13.7. The Hall–Kier alpha value is -1.36. The van der Waals surface area contributed by atoms with Gasteiger partial charge in [-0.25, -0.2) is 0 Å². The standard InChI is InChI=1S/C13H23N3O2/c1-9(7-14)5-6-13(17)16(4)8-12-10(2)15-18-11(12)3/h9H,5-8,14H2,1-4H3. The zero-order valence-corrected chi connectivity index (χ0v) is 11.7. The lowest BCUT2D eigenvalue weighted by Gasteiger charge is -2.18. The molecule has 0 saturated carbocycles. The predicted octanol–water partition coefficient (Wildman–Crippen LogP) is 1.62. The molecule has 0 bridgehead atoms. The molecule has 1 atom stereocenters. The number of aryl methyl sites for hydroxylation is 2. The number of nitrogens with zero attached hydrogens (tertiary/aromatic N) is 2. The Kier molecular flexibility index (Phi) is 5.34. The van der Waals surface area contributed by atoms with Gasteiger partial charge in [0, 0.05) is 19.0 Å². The fourth-order valence-electron chi connectivity index (χ4n) is 1.73. The molecule has 1 amide bonds. The third-order valence-electron chi connectivity index (χ3n) is 3.26. The molecule has 0 aromatic carbocycles. The second kappa shape index (κ2) is 6.54. The molecule has 1 unspecified atom stereocenters. The van der Waals surface area contributed by atoms with Crippen molar-refractivity contribution in [3.63, 3.8) is 0 Å². The summed E-state index contributed by atoms with van der Waals surface area (Å²) in [6, 6.07) is 0. The van der Waals surface area contributed by atoms with Crippen LogP contribution in [0.4, 0.5) is 0 Å². The van der Waals surface area contributed by atoms with Crippen molar-refractivity contribution in [1.82, 2.24) is 10.1 Å². The van der Waals surface area contributed by atoms with Crippen molar-refractivity contribution >= 4 is 5.91 Å². The van der Waals surface area contributed by atoms with Crippen molar-refractivity contribution in [1.29, 1.82) is 0 Å². The molecule has 0 radical (unpaired) electrons. The van der Waals surface area contributed by atoms with E-state index in [2.05, 4.69) is 12.1 Å². The molecule has 1 aromatic heterocycles. The number of aromatic nitrogens is 1. The van der Waals surface area contributed by atoms with Gasteiger partial charge in [0.15, 0.2) is 0 Å². The Morgan fingerprint density at radius 3 is 2.67 bits per heavy atom. The minimum absolute atomic E-state index is 0.135. The number of carbonyl (C=O) groups is 1. The molecule has 5 nitrogen and oxygen atoms in total. The Bertz CT molecular complexity index is 381. The second-order valence-corrected chi connectivity index (χ2v) is 4.93. The summed E-state index contributed by atoms with van der Waals surface area (Å²) < 4.78 is 5.09. The van der Waals surface area contributed by atoms with Crippen LogP contribution >= 0.6 is 0 Å². The highest BCUT2D eigenvalue weighted by Gasteiger charge is 2.15. The van der Waals surface area contributed by atoms with Crippen molar-refractivity contribution in [2.45, 2.75) is 40.2 Å². The summed E-state index contributed by atoms with van der Waals surface area (Å²) in [7, 11) is 1.81. The average molecular weight is 253 g/mol. The van der Waals surface area contributed by atoms with Gasteiger partial charge >= 0.3 is 0 Å². The van der Waals surface area contributed by atoms with Crippen LogP contribution in [0, 0.1) is 19.8 Å². The highest BCUT2D eigenvalue weighted by molar-refractivity contribution is 5.75. The summed E-state index contributed by atoms with van der Waals surface area (Å²) in [5.41, 5.74) is 7.39. The van der Waals surface area contributed by atoms with Crippen molar-refractivity contribution in [2.75, 3.05) is 13.6 Å². The van der Waals surface area contributed by atoms with Crippen molar-refractivity contribution < 1.29 is 9.32 Å². The molecule has 2 N–H and O–H groups in total. The van der Waals surface area contributed by atoms with Crippen molar-refractivity contribution in [3.05, 3.63) is 17.0 Å². The van der Waals surface area contributed by atoms with Crippen LogP contribution in [0.25, 0.3) is 0 Å². The zero-order valence-electron chi connectivity index (χ0n) is 11.7. The first kappa shape index (κ1) is 14.7. The fourth-order valence-corrected chi connectivity index (χ4v) is 1.73. The van der Waals surface area contributed by atoms with E-state index in [1.54, 1.807) is 11.9 Å². The lowest BCUT2D eigenvalue weighted by molar-refractivity contribution is -0.130. The number of hydrogen-bond acceptors (Lipinski definition) is 4. The van der Waals surface area contributed by atoms with E-state index in [0.717, 1.165) is 23.4 Å². The van der Waals surface area contributed by atoms with Crippen LogP contribution in [0.5, 0.6) is 0 Å². The molecule has 5 heteroatoms. The van der Waals surface area contributed by atoms with Gasteiger partial charge in [-0.3, -0.25) is 4.79 Å². The second-order valence-electron chi connectivity index (χ2n) is 4.93. The molecule has 0 aliphatic carbocycles. The van der Waals surface area contributed by atoms with Gasteiger partial charge in [-0.1, -0.05) is 12.1 Å². The number of nitrogens with two attached hydrogens (primary N) is 1. The Balaban J connectivity index is 2.50. The third kappa shape index (κ3) is 3.84. The highest BCUT2D eigenvalue weighted by atomic mass is 16.5. The molecule has 0 fully saturated rings. The maximum absolute atomic E-state index is 11.9. The van der Waals surface area contributed by atoms with Gasteiger partial charge in [-0.2, -0.15) is 0 Å². The van der Waals surface area contributed by atoms with Crippen LogP contribution in [0.15, 0.2) is 4.52 Å². The molecule has 1 rings (SSSR count). The minimum atomic E-state index is 0.135. The van der Waals surface area contributed by atoms with E-state index in [4.69, 9.17) is 10.3 Å². The van der Waals surface area contributed by atoms with E-state index < -0.39 is 0 Å². The quantitative estimate of drug-likeness (QED) is 0.836. The normalized spacial score (nSPS) is 12.5. The van der Waals surface area contributed by atoms with Gasteiger partial charge < -0.3 is 15.2 Å². The highest BCUT2D eigenvalue weighted by Crippen LogP contribution is 2.15. The van der Waals surface area contributed by atoms with Crippen LogP contribution in [0.1, 0.15) is 36.8 Å². The number of amides is 1. The van der Waals surface area contributed by atoms with Crippen LogP contribution < -0.4 is 5.73 Å². The molecule has 18 heavy (non-hydrogen) atoms. The van der Waals surface area contributed by atoms with Gasteiger partial charge in [0.1, 0.15) is 5.76 Å². The lowest BCUT2D eigenvalue weighted by Crippen LogP contribution is -2.27. The molecule has 102 valence electrons. The third-order valence-corrected chi connectivity index (χ3v) is 3.26.